The lowest BCUT2D eigenvalue weighted by Gasteiger charge is -2.20. The molecule has 0 saturated carbocycles. The van der Waals surface area contributed by atoms with E-state index in [0.29, 0.717) is 11.1 Å². The Balaban J connectivity index is 2.55. The van der Waals surface area contributed by atoms with Gasteiger partial charge in [0.1, 0.15) is 0 Å². The Hall–Kier alpha value is -3.66. The lowest BCUT2D eigenvalue weighted by atomic mass is 9.81. The smallest absolute Gasteiger partial charge is 0.161 e. The molecule has 0 heterocycles. The zero-order chi connectivity index (χ0) is 22.0. The van der Waals surface area contributed by atoms with Crippen LogP contribution in [0.1, 0.15) is 69.1 Å². The molecule has 0 aliphatic carbocycles. The third kappa shape index (κ3) is 3.77. The molecule has 4 nitrogen and oxygen atoms in total. The summed E-state index contributed by atoms with van der Waals surface area (Å²) in [4.78, 5) is 50.2. The first-order valence-electron chi connectivity index (χ1n) is 9.63. The van der Waals surface area contributed by atoms with Crippen molar-refractivity contribution in [1.82, 2.24) is 0 Å². The van der Waals surface area contributed by atoms with E-state index >= 15 is 0 Å². The Morgan fingerprint density at radius 2 is 1.03 bits per heavy atom. The maximum Gasteiger partial charge on any atom is 0.161 e. The monoisotopic (exact) mass is 398 g/mol. The Morgan fingerprint density at radius 1 is 0.533 bits per heavy atom. The molecule has 0 spiro atoms. The van der Waals surface area contributed by atoms with Crippen LogP contribution in [0.5, 0.6) is 0 Å². The SMILES string of the molecule is CC(=O)c1cc(C(C)=O)c(-c2ccccc2-c2ccccc2)c(C(C)=O)c1C(C)=O. The van der Waals surface area contributed by atoms with Crippen molar-refractivity contribution in [3.8, 4) is 22.3 Å². The van der Waals surface area contributed by atoms with Crippen LogP contribution in [0.25, 0.3) is 22.3 Å². The molecule has 0 atom stereocenters. The second kappa shape index (κ2) is 8.37. The molecule has 4 heteroatoms. The molecule has 3 aromatic rings. The summed E-state index contributed by atoms with van der Waals surface area (Å²) < 4.78 is 0. The van der Waals surface area contributed by atoms with Crippen LogP contribution in [0.2, 0.25) is 0 Å². The second-order valence-corrected chi connectivity index (χ2v) is 7.23. The molecule has 0 aliphatic heterocycles. The standard InChI is InChI=1S/C26H22O4/c1-15(27)22-14-23(16(2)28)26(25(18(4)30)24(22)17(3)29)21-13-9-8-12-20(21)19-10-6-5-7-11-19/h5-14H,1-4H3. The van der Waals surface area contributed by atoms with Crippen molar-refractivity contribution in [1.29, 1.82) is 0 Å². The highest BCUT2D eigenvalue weighted by Crippen LogP contribution is 2.39. The Kier molecular flexibility index (Phi) is 5.88. The van der Waals surface area contributed by atoms with Crippen LogP contribution in [0.3, 0.4) is 0 Å². The molecule has 30 heavy (non-hydrogen) atoms. The first kappa shape index (κ1) is 21.1. The lowest BCUT2D eigenvalue weighted by molar-refractivity contribution is 0.0967. The Labute approximate surface area is 175 Å². The predicted octanol–water partition coefficient (Wildman–Crippen LogP) is 5.83. The molecule has 3 rings (SSSR count). The lowest BCUT2D eigenvalue weighted by Crippen LogP contribution is -2.16. The molecule has 0 saturated heterocycles. The minimum Gasteiger partial charge on any atom is -0.294 e. The van der Waals surface area contributed by atoms with Crippen LogP contribution in [0, 0.1) is 0 Å². The Morgan fingerprint density at radius 3 is 1.53 bits per heavy atom. The van der Waals surface area contributed by atoms with Gasteiger partial charge in [-0.15, -0.1) is 0 Å². The number of Topliss-reactive ketones (excluding diaryl/α,β-unsaturated/α-hetero) is 4. The zero-order valence-electron chi connectivity index (χ0n) is 17.4. The van der Waals surface area contributed by atoms with Crippen LogP contribution < -0.4 is 0 Å². The molecule has 0 unspecified atom stereocenters. The average Bonchev–Trinajstić information content (AvgIpc) is 2.72. The molecule has 0 bridgehead atoms. The van der Waals surface area contributed by atoms with Gasteiger partial charge in [0, 0.05) is 27.8 Å². The summed E-state index contributed by atoms with van der Waals surface area (Å²) in [6, 6.07) is 18.5. The summed E-state index contributed by atoms with van der Waals surface area (Å²) in [6.07, 6.45) is 0. The van der Waals surface area contributed by atoms with Crippen LogP contribution in [0.15, 0.2) is 60.7 Å². The highest BCUT2D eigenvalue weighted by molar-refractivity contribution is 6.21. The van der Waals surface area contributed by atoms with E-state index in [2.05, 4.69) is 0 Å². The average molecular weight is 398 g/mol. The second-order valence-electron chi connectivity index (χ2n) is 7.23. The van der Waals surface area contributed by atoms with Gasteiger partial charge in [-0.3, -0.25) is 19.2 Å². The summed E-state index contributed by atoms with van der Waals surface area (Å²) in [5.74, 6) is -1.41. The maximum atomic E-state index is 12.8. The van der Waals surface area contributed by atoms with Crippen molar-refractivity contribution in [2.45, 2.75) is 27.7 Å². The molecule has 0 N–H and O–H groups in total. The van der Waals surface area contributed by atoms with Crippen LogP contribution in [0.4, 0.5) is 0 Å². The third-order valence-electron chi connectivity index (χ3n) is 5.07. The predicted molar refractivity (Wildman–Crippen MR) is 117 cm³/mol. The van der Waals surface area contributed by atoms with Crippen LogP contribution >= 0.6 is 0 Å². The highest BCUT2D eigenvalue weighted by Gasteiger charge is 2.28. The minimum atomic E-state index is -0.390. The number of carbonyl (C=O) groups is 4. The number of ketones is 4. The summed E-state index contributed by atoms with van der Waals surface area (Å²) in [7, 11) is 0. The quantitative estimate of drug-likeness (QED) is 0.490. The number of benzene rings is 3. The van der Waals surface area contributed by atoms with Gasteiger partial charge < -0.3 is 0 Å². The minimum absolute atomic E-state index is 0.0675. The van der Waals surface area contributed by atoms with Gasteiger partial charge in [0.2, 0.25) is 0 Å². The van der Waals surface area contributed by atoms with E-state index in [0.717, 1.165) is 11.1 Å². The van der Waals surface area contributed by atoms with E-state index in [-0.39, 0.29) is 45.4 Å². The number of rotatable bonds is 6. The fourth-order valence-electron chi connectivity index (χ4n) is 3.81. The van der Waals surface area contributed by atoms with E-state index in [1.807, 2.05) is 54.6 Å². The fraction of sp³-hybridized carbons (Fsp3) is 0.154. The van der Waals surface area contributed by atoms with E-state index in [9.17, 15) is 19.2 Å². The van der Waals surface area contributed by atoms with E-state index in [4.69, 9.17) is 0 Å². The van der Waals surface area contributed by atoms with Gasteiger partial charge in [-0.25, -0.2) is 0 Å². The van der Waals surface area contributed by atoms with E-state index in [1.165, 1.54) is 33.8 Å². The van der Waals surface area contributed by atoms with Crippen molar-refractivity contribution in [2.75, 3.05) is 0 Å². The molecule has 0 aromatic heterocycles. The van der Waals surface area contributed by atoms with Gasteiger partial charge in [0.05, 0.1) is 0 Å². The van der Waals surface area contributed by atoms with Gasteiger partial charge in [-0.05, 0) is 50.5 Å². The largest absolute Gasteiger partial charge is 0.294 e. The van der Waals surface area contributed by atoms with Crippen molar-refractivity contribution >= 4 is 23.1 Å². The molecule has 0 radical (unpaired) electrons. The summed E-state index contributed by atoms with van der Waals surface area (Å²) in [5, 5.41) is 0. The van der Waals surface area contributed by atoms with E-state index < -0.39 is 0 Å². The first-order valence-corrected chi connectivity index (χ1v) is 9.63. The van der Waals surface area contributed by atoms with Crippen molar-refractivity contribution < 1.29 is 19.2 Å². The van der Waals surface area contributed by atoms with Crippen molar-refractivity contribution in [3.63, 3.8) is 0 Å². The highest BCUT2D eigenvalue weighted by atomic mass is 16.1. The molecule has 0 fully saturated rings. The van der Waals surface area contributed by atoms with Crippen molar-refractivity contribution in [3.05, 3.63) is 82.9 Å². The molecular weight excluding hydrogens is 376 g/mol. The summed E-state index contributed by atoms with van der Waals surface area (Å²) in [6.45, 7) is 5.40. The van der Waals surface area contributed by atoms with Gasteiger partial charge in [-0.1, -0.05) is 54.6 Å². The summed E-state index contributed by atoms with van der Waals surface area (Å²) >= 11 is 0. The van der Waals surface area contributed by atoms with Gasteiger partial charge in [0.15, 0.2) is 23.1 Å². The first-order chi connectivity index (χ1) is 14.2. The summed E-state index contributed by atoms with van der Waals surface area (Å²) in [5.41, 5.74) is 3.32. The van der Waals surface area contributed by atoms with Crippen LogP contribution in [-0.2, 0) is 0 Å². The number of hydrogen-bond acceptors (Lipinski definition) is 4. The van der Waals surface area contributed by atoms with E-state index in [1.54, 1.807) is 0 Å². The maximum absolute atomic E-state index is 12.8. The van der Waals surface area contributed by atoms with Crippen molar-refractivity contribution in [2.24, 2.45) is 0 Å². The molecule has 3 aromatic carbocycles. The number of carbonyl (C=O) groups excluding carboxylic acids is 4. The van der Waals surface area contributed by atoms with Gasteiger partial charge in [0.25, 0.3) is 0 Å². The van der Waals surface area contributed by atoms with Crippen LogP contribution in [-0.4, -0.2) is 23.1 Å². The van der Waals surface area contributed by atoms with Gasteiger partial charge >= 0.3 is 0 Å². The number of hydrogen-bond donors (Lipinski definition) is 0. The molecular formula is C26H22O4. The third-order valence-corrected chi connectivity index (χ3v) is 5.07. The topological polar surface area (TPSA) is 68.3 Å². The molecule has 150 valence electrons. The Bertz CT molecular complexity index is 1190. The fourth-order valence-corrected chi connectivity index (χ4v) is 3.81. The molecule has 0 aliphatic rings. The zero-order valence-corrected chi connectivity index (χ0v) is 17.4. The normalized spacial score (nSPS) is 10.5. The van der Waals surface area contributed by atoms with Gasteiger partial charge in [-0.2, -0.15) is 0 Å². The molecule has 0 amide bonds.